The number of sulfonamides is 1. The SMILES string of the molecule is CC[C@H](CS(=O)(=O)N(Cc1ccc(OC)cc1)Cc1ccc(OC)cc1)C1C=C([C@H](OC)[C@@H]2CC[C@H]2CN2Cc3ccc(Cl)cc3CCCCOc3ccc(C(=O)OC(C)(C)C)cc32)CCC1. The van der Waals surface area contributed by atoms with Crippen molar-refractivity contribution in [3.8, 4) is 17.2 Å². The molecule has 2 aliphatic carbocycles. The van der Waals surface area contributed by atoms with E-state index < -0.39 is 15.6 Å². The molecule has 362 valence electrons. The number of nitrogens with zero attached hydrogens (tertiary/aromatic N) is 2. The maximum atomic E-state index is 14.7. The number of halogens is 1. The third-order valence-electron chi connectivity index (χ3n) is 13.9. The highest BCUT2D eigenvalue weighted by atomic mass is 35.5. The van der Waals surface area contributed by atoms with Gasteiger partial charge in [0, 0.05) is 38.3 Å². The van der Waals surface area contributed by atoms with Crippen LogP contribution in [0.15, 0.2) is 96.6 Å². The van der Waals surface area contributed by atoms with Gasteiger partial charge in [-0.2, -0.15) is 4.31 Å². The van der Waals surface area contributed by atoms with E-state index in [1.807, 2.05) is 101 Å². The summed E-state index contributed by atoms with van der Waals surface area (Å²) in [5.74, 6) is 2.52. The number of carbonyl (C=O) groups excluding carboxylic acids is 1. The average molecular weight is 956 g/mol. The van der Waals surface area contributed by atoms with Gasteiger partial charge in [0.1, 0.15) is 22.8 Å². The number of carbonyl (C=O) groups is 1. The number of allylic oxidation sites excluding steroid dienone is 1. The molecular weight excluding hydrogens is 884 g/mol. The molecule has 1 saturated carbocycles. The van der Waals surface area contributed by atoms with E-state index >= 15 is 0 Å². The summed E-state index contributed by atoms with van der Waals surface area (Å²) in [6, 6.07) is 27.1. The first kappa shape index (κ1) is 50.3. The molecule has 1 unspecified atom stereocenters. The van der Waals surface area contributed by atoms with Crippen molar-refractivity contribution in [2.45, 2.75) is 117 Å². The molecule has 5 atom stereocenters. The molecule has 67 heavy (non-hydrogen) atoms. The molecule has 0 saturated heterocycles. The smallest absolute Gasteiger partial charge is 0.338 e. The maximum Gasteiger partial charge on any atom is 0.338 e. The summed E-state index contributed by atoms with van der Waals surface area (Å²) in [5.41, 5.74) is 6.26. The van der Waals surface area contributed by atoms with E-state index in [4.69, 9.17) is 35.3 Å². The third kappa shape index (κ3) is 13.2. The molecule has 10 nitrogen and oxygen atoms in total. The van der Waals surface area contributed by atoms with Crippen molar-refractivity contribution < 1.29 is 36.9 Å². The van der Waals surface area contributed by atoms with E-state index in [9.17, 15) is 13.2 Å². The molecule has 0 radical (unpaired) electrons. The Morgan fingerprint density at radius 1 is 0.836 bits per heavy atom. The minimum atomic E-state index is -3.71. The van der Waals surface area contributed by atoms with Crippen LogP contribution < -0.4 is 19.1 Å². The van der Waals surface area contributed by atoms with Gasteiger partial charge in [-0.1, -0.05) is 61.4 Å². The van der Waals surface area contributed by atoms with Crippen molar-refractivity contribution in [1.82, 2.24) is 4.31 Å². The fourth-order valence-corrected chi connectivity index (χ4v) is 12.2. The normalized spacial score (nSPS) is 19.9. The topological polar surface area (TPSA) is 104 Å². The van der Waals surface area contributed by atoms with E-state index in [1.54, 1.807) is 18.5 Å². The van der Waals surface area contributed by atoms with E-state index in [1.165, 1.54) is 16.7 Å². The van der Waals surface area contributed by atoms with Crippen LogP contribution in [0.3, 0.4) is 0 Å². The first-order valence-electron chi connectivity index (χ1n) is 24.2. The maximum absolute atomic E-state index is 14.7. The average Bonchev–Trinajstić information content (AvgIpc) is 3.34. The molecule has 4 aromatic rings. The van der Waals surface area contributed by atoms with Crippen molar-refractivity contribution >= 4 is 33.3 Å². The molecule has 0 spiro atoms. The number of benzene rings is 4. The van der Waals surface area contributed by atoms with Crippen LogP contribution in [0.5, 0.6) is 17.2 Å². The highest BCUT2D eigenvalue weighted by Crippen LogP contribution is 2.45. The Bertz CT molecular complexity index is 2370. The van der Waals surface area contributed by atoms with Crippen LogP contribution in [0, 0.1) is 23.7 Å². The number of hydrogen-bond acceptors (Lipinski definition) is 9. The molecule has 7 rings (SSSR count). The number of anilines is 1. The molecule has 4 aromatic carbocycles. The lowest BCUT2D eigenvalue weighted by molar-refractivity contribution is 0.00307. The van der Waals surface area contributed by atoms with Crippen molar-refractivity contribution in [1.29, 1.82) is 0 Å². The first-order valence-corrected chi connectivity index (χ1v) is 26.1. The molecule has 3 aliphatic rings. The van der Waals surface area contributed by atoms with Crippen molar-refractivity contribution in [2.75, 3.05) is 45.1 Å². The predicted octanol–water partition coefficient (Wildman–Crippen LogP) is 11.9. The van der Waals surface area contributed by atoms with Crippen LogP contribution in [0.4, 0.5) is 5.69 Å². The van der Waals surface area contributed by atoms with E-state index in [0.29, 0.717) is 24.6 Å². The predicted molar refractivity (Wildman–Crippen MR) is 268 cm³/mol. The number of aryl methyl sites for hydroxylation is 1. The Labute approximate surface area is 405 Å². The lowest BCUT2D eigenvalue weighted by atomic mass is 9.67. The summed E-state index contributed by atoms with van der Waals surface area (Å²) in [7, 11) is 1.37. The Morgan fingerprint density at radius 2 is 1.52 bits per heavy atom. The van der Waals surface area contributed by atoms with Gasteiger partial charge >= 0.3 is 5.97 Å². The van der Waals surface area contributed by atoms with Gasteiger partial charge in [-0.3, -0.25) is 0 Å². The van der Waals surface area contributed by atoms with Gasteiger partial charge in [0.05, 0.1) is 43.9 Å². The second-order valence-corrected chi connectivity index (χ2v) is 22.1. The summed E-state index contributed by atoms with van der Waals surface area (Å²) >= 11 is 6.57. The van der Waals surface area contributed by atoms with Gasteiger partial charge in [0.2, 0.25) is 10.0 Å². The fraction of sp³-hybridized carbons (Fsp3) is 0.509. The van der Waals surface area contributed by atoms with Gasteiger partial charge in [-0.25, -0.2) is 13.2 Å². The number of methoxy groups -OCH3 is 3. The fourth-order valence-electron chi connectivity index (χ4n) is 10.1. The van der Waals surface area contributed by atoms with Crippen LogP contribution in [0.2, 0.25) is 5.02 Å². The highest BCUT2D eigenvalue weighted by molar-refractivity contribution is 7.89. The van der Waals surface area contributed by atoms with Crippen LogP contribution in [-0.2, 0) is 45.6 Å². The first-order chi connectivity index (χ1) is 32.2. The largest absolute Gasteiger partial charge is 0.497 e. The third-order valence-corrected chi connectivity index (χ3v) is 16.0. The van der Waals surface area contributed by atoms with Crippen LogP contribution in [-0.4, -0.2) is 70.6 Å². The Morgan fingerprint density at radius 3 is 2.12 bits per heavy atom. The molecule has 0 amide bonds. The van der Waals surface area contributed by atoms with Crippen LogP contribution in [0.1, 0.15) is 112 Å². The van der Waals surface area contributed by atoms with Gasteiger partial charge in [0.25, 0.3) is 0 Å². The number of ether oxygens (including phenoxy) is 5. The van der Waals surface area contributed by atoms with Crippen molar-refractivity contribution in [3.63, 3.8) is 0 Å². The lowest BCUT2D eigenvalue weighted by Crippen LogP contribution is -2.45. The van der Waals surface area contributed by atoms with Gasteiger partial charge in [0.15, 0.2) is 0 Å². The van der Waals surface area contributed by atoms with Crippen LogP contribution in [0.25, 0.3) is 0 Å². The lowest BCUT2D eigenvalue weighted by Gasteiger charge is -2.46. The Balaban J connectivity index is 1.13. The zero-order chi connectivity index (χ0) is 47.7. The number of fused-ring (bicyclic) bond motifs is 2. The van der Waals surface area contributed by atoms with E-state index in [0.717, 1.165) is 103 Å². The van der Waals surface area contributed by atoms with Crippen molar-refractivity contribution in [2.24, 2.45) is 23.7 Å². The molecule has 1 aliphatic heterocycles. The Kier molecular flexibility index (Phi) is 17.1. The zero-order valence-corrected chi connectivity index (χ0v) is 42.2. The summed E-state index contributed by atoms with van der Waals surface area (Å²) in [4.78, 5) is 15.9. The second-order valence-electron chi connectivity index (χ2n) is 19.6. The van der Waals surface area contributed by atoms with Crippen molar-refractivity contribution in [3.05, 3.63) is 129 Å². The second kappa shape index (κ2) is 22.7. The molecule has 0 N–H and O–H groups in total. The quantitative estimate of drug-likeness (QED) is 0.0756. The van der Waals surface area contributed by atoms with Crippen LogP contribution >= 0.6 is 11.6 Å². The molecule has 0 aromatic heterocycles. The molecular formula is C55H71ClN2O8S. The number of rotatable bonds is 17. The standard InChI is InChI=1S/C55H71ClN2O8S/c1-8-40(37-67(60,61)58(33-38-15-23-48(62-5)24-16-38)34-39-17-25-49(63-6)26-18-39)41-13-11-14-43(30-41)53(64-7)50-27-20-46(50)36-57-35-45-19-22-47(56)31-42(45)12-9-10-29-65-52-28-21-44(32-51(52)57)54(59)66-55(2,3)4/h15-19,21-26,28,30-32,40-41,46,50,53H,8-14,20,27,29,33-37H2,1-7H3/t40-,41?,46+,50-,53+/m1/s1. The monoisotopic (exact) mass is 954 g/mol. The summed E-state index contributed by atoms with van der Waals surface area (Å²) in [6.45, 7) is 10.2. The molecule has 0 bridgehead atoms. The molecule has 1 heterocycles. The zero-order valence-electron chi connectivity index (χ0n) is 40.6. The summed E-state index contributed by atoms with van der Waals surface area (Å²) in [5, 5.41) is 0.729. The Hall–Kier alpha value is -4.55. The number of hydrogen-bond donors (Lipinski definition) is 0. The summed E-state index contributed by atoms with van der Waals surface area (Å²) in [6.07, 6.45) is 10.7. The van der Waals surface area contributed by atoms with Gasteiger partial charge in [-0.05, 0) is 178 Å². The summed E-state index contributed by atoms with van der Waals surface area (Å²) < 4.78 is 60.5. The minimum Gasteiger partial charge on any atom is -0.497 e. The van der Waals surface area contributed by atoms with Gasteiger partial charge < -0.3 is 28.6 Å². The molecule has 12 heteroatoms. The molecule has 1 fully saturated rings. The number of esters is 1. The van der Waals surface area contributed by atoms with E-state index in [2.05, 4.69) is 30.0 Å². The van der Waals surface area contributed by atoms with E-state index in [-0.39, 0.29) is 48.7 Å². The van der Waals surface area contributed by atoms with Gasteiger partial charge in [-0.15, -0.1) is 0 Å². The highest BCUT2D eigenvalue weighted by Gasteiger charge is 2.41. The minimum absolute atomic E-state index is 0.0579.